The van der Waals surface area contributed by atoms with Gasteiger partial charge in [-0.1, -0.05) is 0 Å². The van der Waals surface area contributed by atoms with Gasteiger partial charge in [0, 0.05) is 0 Å². The summed E-state index contributed by atoms with van der Waals surface area (Å²) >= 11 is 4.69. The Labute approximate surface area is 379 Å². The van der Waals surface area contributed by atoms with Crippen LogP contribution in [0.2, 0.25) is 5.04 Å². The van der Waals surface area contributed by atoms with Crippen LogP contribution in [0.15, 0.2) is 164 Å². The number of hydrogen-bond acceptors (Lipinski definition) is 4. The van der Waals surface area contributed by atoms with Gasteiger partial charge in [0.25, 0.3) is 0 Å². The summed E-state index contributed by atoms with van der Waals surface area (Å²) in [7, 11) is -3.16. The predicted molar refractivity (Wildman–Crippen MR) is 269 cm³/mol. The van der Waals surface area contributed by atoms with Crippen LogP contribution in [0.3, 0.4) is 0 Å². The number of nitrogens with one attached hydrogen (secondary N) is 2. The fraction of sp³-hybridized carbons (Fsp3) is 0.321. The van der Waals surface area contributed by atoms with Crippen LogP contribution in [0.4, 0.5) is 4.79 Å². The van der Waals surface area contributed by atoms with Crippen molar-refractivity contribution in [3.05, 3.63) is 169 Å². The Kier molecular flexibility index (Phi) is 14.4. The molecule has 6 rings (SSSR count). The molecule has 0 saturated carbocycles. The summed E-state index contributed by atoms with van der Waals surface area (Å²) in [5.41, 5.74) is 0.422. The van der Waals surface area contributed by atoms with Crippen LogP contribution in [-0.4, -0.2) is 50.3 Å². The molecular formula is C53H64BrN2O4PSi. The molecule has 6 aromatic rings. The van der Waals surface area contributed by atoms with E-state index in [4.69, 9.17) is 24.7 Å². The number of hydrogen-bond donors (Lipinski definition) is 2. The normalized spacial score (nSPS) is 14.6. The molecule has 9 heteroatoms. The molecule has 6 nitrogen and oxygen atoms in total. The van der Waals surface area contributed by atoms with E-state index in [0.29, 0.717) is 6.16 Å². The number of carbonyl (C=O) groups excluding carboxylic acids is 2. The van der Waals surface area contributed by atoms with Crippen LogP contribution in [-0.2, 0) is 20.1 Å². The van der Waals surface area contributed by atoms with E-state index in [-0.39, 0.29) is 22.9 Å². The third kappa shape index (κ3) is 10.3. The molecule has 0 aliphatic heterocycles. The van der Waals surface area contributed by atoms with Crippen LogP contribution in [0, 0.1) is 5.92 Å². The van der Waals surface area contributed by atoms with Gasteiger partial charge in [0.15, 0.2) is 0 Å². The Hall–Kier alpha value is -4.59. The van der Waals surface area contributed by atoms with E-state index in [0.717, 1.165) is 16.5 Å². The molecule has 0 spiro atoms. The van der Waals surface area contributed by atoms with Crippen molar-refractivity contribution in [3.63, 3.8) is 0 Å². The molecule has 2 unspecified atom stereocenters. The van der Waals surface area contributed by atoms with Gasteiger partial charge in [-0.3, -0.25) is 0 Å². The van der Waals surface area contributed by atoms with E-state index in [1.165, 1.54) is 26.9 Å². The van der Waals surface area contributed by atoms with Crippen molar-refractivity contribution in [3.8, 4) is 0 Å². The second-order valence-electron chi connectivity index (χ2n) is 19.0. The number of benzene rings is 6. The Morgan fingerprint density at radius 3 is 1.56 bits per heavy atom. The summed E-state index contributed by atoms with van der Waals surface area (Å²) in [5.74, 6) is -0.318. The van der Waals surface area contributed by atoms with E-state index >= 15 is 4.79 Å². The van der Waals surface area contributed by atoms with Crippen molar-refractivity contribution in [1.82, 2.24) is 10.6 Å². The monoisotopic (exact) mass is 930 g/mol. The number of amides is 2. The van der Waals surface area contributed by atoms with Gasteiger partial charge in [0.2, 0.25) is 0 Å². The quantitative estimate of drug-likeness (QED) is 0.0795. The molecule has 2 amide bonds. The number of halogens is 1. The Balaban J connectivity index is 1.46. The van der Waals surface area contributed by atoms with Crippen molar-refractivity contribution in [2.75, 3.05) is 6.16 Å². The van der Waals surface area contributed by atoms with Crippen LogP contribution in [0.25, 0.3) is 10.8 Å². The first-order valence-electron chi connectivity index (χ1n) is 21.7. The fourth-order valence-corrected chi connectivity index (χ4v) is 22.0. The molecule has 62 heavy (non-hydrogen) atoms. The van der Waals surface area contributed by atoms with E-state index in [1.807, 2.05) is 64.1 Å². The molecule has 0 bridgehead atoms. The van der Waals surface area contributed by atoms with E-state index in [9.17, 15) is 4.79 Å². The first-order chi connectivity index (χ1) is 29.3. The molecule has 0 heterocycles. The standard InChI is InChI=1S/C53H64BrN2O4PSi/c1-39(2)48(38-61(54,44-26-14-10-15-27-44,45-28-16-11-17-29-45)37-41-34-35-42-24-22-23-25-43(42)36-41)55-50(57)49(56-51(58)59-52(4,5)6)40(3)60-62(53(7,8)9,46-30-18-12-19-31-46)47-32-20-13-21-33-47/h10-36,39-40,48-49H,37-38H2,1-9H3,(H,55,57)(H,56,58)/t40?,48-,49?/m1/s1. The number of rotatable bonds is 15. The fourth-order valence-electron chi connectivity index (χ4n) is 8.84. The predicted octanol–water partition coefficient (Wildman–Crippen LogP) is 10.9. The van der Waals surface area contributed by atoms with Gasteiger partial charge in [0.05, 0.1) is 0 Å². The molecule has 2 N–H and O–H groups in total. The SMILES string of the molecule is CC(O[Si](c1ccccc1)(c1ccccc1)C(C)(C)C)C(NC(=O)OC(C)(C)C)C(=O)N[C@H](CP(Br)(Cc1ccc2ccccc2c1)(c1ccccc1)c1ccccc1)C(C)C. The maximum atomic E-state index is 15.3. The Morgan fingerprint density at radius 2 is 1.10 bits per heavy atom. The topological polar surface area (TPSA) is 76.7 Å². The van der Waals surface area contributed by atoms with Crippen molar-refractivity contribution in [1.29, 1.82) is 0 Å². The number of fused-ring (bicyclic) bond motifs is 1. The molecule has 0 aliphatic rings. The third-order valence-electron chi connectivity index (χ3n) is 11.9. The molecule has 0 aromatic heterocycles. The molecular weight excluding hydrogens is 868 g/mol. The summed E-state index contributed by atoms with van der Waals surface area (Å²) in [5, 5.41) is 9.70. The van der Waals surface area contributed by atoms with Crippen molar-refractivity contribution in [2.24, 2.45) is 5.92 Å². The first-order valence-corrected chi connectivity index (χ1v) is 28.3. The summed E-state index contributed by atoms with van der Waals surface area (Å²) in [6.45, 7) is 18.3. The zero-order chi connectivity index (χ0) is 44.8. The number of carbonyl (C=O) groups is 2. The van der Waals surface area contributed by atoms with Gasteiger partial charge in [-0.25, -0.2) is 0 Å². The second kappa shape index (κ2) is 19.0. The summed E-state index contributed by atoms with van der Waals surface area (Å²) in [6, 6.07) is 55.9. The molecule has 0 fully saturated rings. The average Bonchev–Trinajstić information content (AvgIpc) is 3.24. The summed E-state index contributed by atoms with van der Waals surface area (Å²) in [6.07, 6.45) is -0.113. The minimum absolute atomic E-state index is 0.0112. The summed E-state index contributed by atoms with van der Waals surface area (Å²) < 4.78 is 13.3. The first kappa shape index (κ1) is 46.9. The van der Waals surface area contributed by atoms with Gasteiger partial charge in [-0.2, -0.15) is 0 Å². The van der Waals surface area contributed by atoms with E-state index in [2.05, 4.69) is 173 Å². The van der Waals surface area contributed by atoms with Crippen molar-refractivity contribution in [2.45, 2.75) is 97.3 Å². The zero-order valence-electron chi connectivity index (χ0n) is 37.8. The third-order valence-corrected chi connectivity index (χ3v) is 26.3. The van der Waals surface area contributed by atoms with Gasteiger partial charge < -0.3 is 0 Å². The van der Waals surface area contributed by atoms with Crippen molar-refractivity contribution >= 4 is 72.9 Å². The average molecular weight is 932 g/mol. The second-order valence-corrected chi connectivity index (χ2v) is 32.9. The Morgan fingerprint density at radius 1 is 0.629 bits per heavy atom. The van der Waals surface area contributed by atoms with Gasteiger partial charge in [0.1, 0.15) is 0 Å². The van der Waals surface area contributed by atoms with Crippen molar-refractivity contribution < 1.29 is 18.8 Å². The van der Waals surface area contributed by atoms with Gasteiger partial charge >= 0.3 is 381 Å². The van der Waals surface area contributed by atoms with Crippen LogP contribution in [0.5, 0.6) is 0 Å². The van der Waals surface area contributed by atoms with Crippen LogP contribution >= 0.6 is 20.8 Å². The van der Waals surface area contributed by atoms with Crippen LogP contribution in [0.1, 0.15) is 67.9 Å². The number of alkyl carbamates (subject to hydrolysis) is 1. The summed E-state index contributed by atoms with van der Waals surface area (Å²) in [4.78, 5) is 29.1. The molecule has 3 atom stereocenters. The van der Waals surface area contributed by atoms with Gasteiger partial charge in [-0.15, -0.1) is 0 Å². The number of ether oxygens (including phenoxy) is 1. The van der Waals surface area contributed by atoms with Gasteiger partial charge in [-0.05, 0) is 0 Å². The zero-order valence-corrected chi connectivity index (χ0v) is 41.3. The van der Waals surface area contributed by atoms with E-state index in [1.54, 1.807) is 0 Å². The molecule has 0 radical (unpaired) electrons. The minimum atomic E-state index is -3.42. The maximum absolute atomic E-state index is 15.3. The molecule has 0 aliphatic carbocycles. The molecule has 0 saturated heterocycles. The van der Waals surface area contributed by atoms with E-state index < -0.39 is 37.5 Å². The Bertz CT molecular complexity index is 2340. The molecule has 326 valence electrons. The van der Waals surface area contributed by atoms with Crippen LogP contribution < -0.4 is 31.6 Å². The molecule has 6 aromatic carbocycles.